The molecule has 2 aromatic rings. The van der Waals surface area contributed by atoms with E-state index in [1.165, 1.54) is 12.1 Å². The highest BCUT2D eigenvalue weighted by atomic mass is 16.3. The Morgan fingerprint density at radius 3 is 2.63 bits per heavy atom. The molecular weight excluding hydrogens is 246 g/mol. The maximum atomic E-state index is 11.9. The number of phenols is 2. The highest BCUT2D eigenvalue weighted by Crippen LogP contribution is 2.21. The topological polar surface area (TPSA) is 87.4 Å². The van der Waals surface area contributed by atoms with Crippen molar-refractivity contribution in [3.05, 3.63) is 36.2 Å². The number of benzene rings is 1. The van der Waals surface area contributed by atoms with Crippen molar-refractivity contribution in [2.24, 2.45) is 0 Å². The number of nitrogens with one attached hydrogen (secondary N) is 1. The van der Waals surface area contributed by atoms with Gasteiger partial charge >= 0.3 is 0 Å². The van der Waals surface area contributed by atoms with Crippen molar-refractivity contribution in [3.63, 3.8) is 0 Å². The van der Waals surface area contributed by atoms with E-state index in [0.717, 1.165) is 19.0 Å². The summed E-state index contributed by atoms with van der Waals surface area (Å²) in [5.41, 5.74) is 0.752. The third-order valence-corrected chi connectivity index (χ3v) is 2.51. The Morgan fingerprint density at radius 2 is 2.00 bits per heavy atom. The molecule has 19 heavy (non-hydrogen) atoms. The van der Waals surface area contributed by atoms with Crippen LogP contribution in [0.1, 0.15) is 23.7 Å². The molecule has 0 aliphatic heterocycles. The third-order valence-electron chi connectivity index (χ3n) is 2.51. The van der Waals surface area contributed by atoms with E-state index in [1.807, 2.05) is 6.92 Å². The summed E-state index contributed by atoms with van der Waals surface area (Å²) >= 11 is 0. The normalized spacial score (nSPS) is 10.4. The molecule has 0 fully saturated rings. The number of anilines is 1. The van der Waals surface area contributed by atoms with Crippen LogP contribution in [0, 0.1) is 0 Å². The van der Waals surface area contributed by atoms with Gasteiger partial charge in [0, 0.05) is 24.4 Å². The SMILES string of the molecule is CCCn1cc(NC(=O)c2cc(O)cc(O)c2)cn1. The van der Waals surface area contributed by atoms with Crippen LogP contribution in [0.3, 0.4) is 0 Å². The van der Waals surface area contributed by atoms with Crippen molar-refractivity contribution in [1.82, 2.24) is 9.78 Å². The van der Waals surface area contributed by atoms with Gasteiger partial charge < -0.3 is 15.5 Å². The molecule has 0 radical (unpaired) electrons. The van der Waals surface area contributed by atoms with Gasteiger partial charge in [-0.05, 0) is 18.6 Å². The van der Waals surface area contributed by atoms with Crippen LogP contribution in [0.4, 0.5) is 5.69 Å². The highest BCUT2D eigenvalue weighted by molar-refractivity contribution is 6.04. The van der Waals surface area contributed by atoms with Crippen molar-refractivity contribution in [3.8, 4) is 11.5 Å². The van der Waals surface area contributed by atoms with E-state index < -0.39 is 5.91 Å². The number of hydrogen-bond donors (Lipinski definition) is 3. The Morgan fingerprint density at radius 1 is 1.32 bits per heavy atom. The highest BCUT2D eigenvalue weighted by Gasteiger charge is 2.10. The van der Waals surface area contributed by atoms with E-state index >= 15 is 0 Å². The lowest BCUT2D eigenvalue weighted by molar-refractivity contribution is 0.102. The molecular formula is C13H15N3O3. The maximum absolute atomic E-state index is 11.9. The first-order chi connectivity index (χ1) is 9.08. The molecule has 1 amide bonds. The van der Waals surface area contributed by atoms with Gasteiger partial charge in [0.1, 0.15) is 11.5 Å². The summed E-state index contributed by atoms with van der Waals surface area (Å²) in [6.45, 7) is 2.82. The fourth-order valence-corrected chi connectivity index (χ4v) is 1.71. The van der Waals surface area contributed by atoms with E-state index in [4.69, 9.17) is 0 Å². The van der Waals surface area contributed by atoms with E-state index in [9.17, 15) is 15.0 Å². The number of amides is 1. The molecule has 1 aromatic heterocycles. The third kappa shape index (κ3) is 3.25. The van der Waals surface area contributed by atoms with Crippen molar-refractivity contribution >= 4 is 11.6 Å². The van der Waals surface area contributed by atoms with Gasteiger partial charge in [-0.15, -0.1) is 0 Å². The van der Waals surface area contributed by atoms with Crippen LogP contribution in [-0.4, -0.2) is 25.9 Å². The molecule has 0 saturated heterocycles. The van der Waals surface area contributed by atoms with Crippen molar-refractivity contribution in [2.75, 3.05) is 5.32 Å². The maximum Gasteiger partial charge on any atom is 0.256 e. The molecule has 1 aromatic carbocycles. The number of hydrogen-bond acceptors (Lipinski definition) is 4. The van der Waals surface area contributed by atoms with Crippen LogP contribution < -0.4 is 5.32 Å². The predicted octanol–water partition coefficient (Wildman–Crippen LogP) is 1.96. The van der Waals surface area contributed by atoms with Crippen molar-refractivity contribution in [1.29, 1.82) is 0 Å². The lowest BCUT2D eigenvalue weighted by atomic mass is 10.2. The molecule has 0 aliphatic rings. The average molecular weight is 261 g/mol. The lowest BCUT2D eigenvalue weighted by Crippen LogP contribution is -2.11. The number of carbonyl (C=O) groups is 1. The molecule has 3 N–H and O–H groups in total. The first-order valence-corrected chi connectivity index (χ1v) is 5.95. The minimum atomic E-state index is -0.415. The summed E-state index contributed by atoms with van der Waals surface area (Å²) in [7, 11) is 0. The van der Waals surface area contributed by atoms with Gasteiger partial charge in [0.2, 0.25) is 0 Å². The van der Waals surface area contributed by atoms with Crippen LogP contribution in [0.2, 0.25) is 0 Å². The smallest absolute Gasteiger partial charge is 0.256 e. The zero-order valence-corrected chi connectivity index (χ0v) is 10.5. The number of phenolic OH excluding ortho intramolecular Hbond substituents is 2. The van der Waals surface area contributed by atoms with Gasteiger partial charge in [-0.3, -0.25) is 9.48 Å². The lowest BCUT2D eigenvalue weighted by Gasteiger charge is -2.04. The molecule has 1 heterocycles. The second-order valence-corrected chi connectivity index (χ2v) is 4.18. The van der Waals surface area contributed by atoms with Crippen LogP contribution >= 0.6 is 0 Å². The first kappa shape index (κ1) is 12.9. The van der Waals surface area contributed by atoms with E-state index in [2.05, 4.69) is 10.4 Å². The number of aromatic hydroxyl groups is 2. The largest absolute Gasteiger partial charge is 0.508 e. The molecule has 0 bridgehead atoms. The molecule has 0 spiro atoms. The Kier molecular flexibility index (Phi) is 3.70. The molecule has 0 atom stereocenters. The van der Waals surface area contributed by atoms with Gasteiger partial charge in [0.25, 0.3) is 5.91 Å². The Bertz CT molecular complexity index is 572. The standard InChI is InChI=1S/C13H15N3O3/c1-2-3-16-8-10(7-14-16)15-13(19)9-4-11(17)6-12(18)5-9/h4-8,17-18H,2-3H2,1H3,(H,15,19). The molecule has 6 heteroatoms. The Balaban J connectivity index is 2.11. The van der Waals surface area contributed by atoms with E-state index in [0.29, 0.717) is 5.69 Å². The fourth-order valence-electron chi connectivity index (χ4n) is 1.71. The van der Waals surface area contributed by atoms with Crippen molar-refractivity contribution < 1.29 is 15.0 Å². The minimum Gasteiger partial charge on any atom is -0.508 e. The zero-order valence-electron chi connectivity index (χ0n) is 10.5. The molecule has 2 rings (SSSR count). The van der Waals surface area contributed by atoms with Crippen molar-refractivity contribution in [2.45, 2.75) is 19.9 Å². The fraction of sp³-hybridized carbons (Fsp3) is 0.231. The quantitative estimate of drug-likeness (QED) is 0.785. The minimum absolute atomic E-state index is 0.160. The number of aryl methyl sites for hydroxylation is 1. The van der Waals surface area contributed by atoms with Gasteiger partial charge in [-0.25, -0.2) is 0 Å². The second-order valence-electron chi connectivity index (χ2n) is 4.18. The second kappa shape index (κ2) is 5.43. The summed E-state index contributed by atoms with van der Waals surface area (Å²) in [6, 6.07) is 3.73. The number of aromatic nitrogens is 2. The molecule has 0 saturated carbocycles. The molecule has 100 valence electrons. The number of carbonyl (C=O) groups excluding carboxylic acids is 1. The van der Waals surface area contributed by atoms with Gasteiger partial charge in [-0.1, -0.05) is 6.92 Å². The average Bonchev–Trinajstić information content (AvgIpc) is 2.76. The van der Waals surface area contributed by atoms with Crippen LogP contribution in [0.15, 0.2) is 30.6 Å². The summed E-state index contributed by atoms with van der Waals surface area (Å²) in [5.74, 6) is -0.735. The molecule has 6 nitrogen and oxygen atoms in total. The Labute approximate surface area is 110 Å². The summed E-state index contributed by atoms with van der Waals surface area (Å²) in [4.78, 5) is 11.9. The summed E-state index contributed by atoms with van der Waals surface area (Å²) < 4.78 is 1.73. The van der Waals surface area contributed by atoms with Gasteiger partial charge in [-0.2, -0.15) is 5.10 Å². The van der Waals surface area contributed by atoms with Gasteiger partial charge in [0.05, 0.1) is 11.9 Å². The van der Waals surface area contributed by atoms with E-state index in [1.54, 1.807) is 17.1 Å². The predicted molar refractivity (Wildman–Crippen MR) is 70.2 cm³/mol. The Hall–Kier alpha value is -2.50. The van der Waals surface area contributed by atoms with Gasteiger partial charge in [0.15, 0.2) is 0 Å². The number of nitrogens with zero attached hydrogens (tertiary/aromatic N) is 2. The van der Waals surface area contributed by atoms with Crippen LogP contribution in [0.5, 0.6) is 11.5 Å². The van der Waals surface area contributed by atoms with Crippen LogP contribution in [0.25, 0.3) is 0 Å². The van der Waals surface area contributed by atoms with E-state index in [-0.39, 0.29) is 17.1 Å². The number of rotatable bonds is 4. The van der Waals surface area contributed by atoms with Crippen LogP contribution in [-0.2, 0) is 6.54 Å². The zero-order chi connectivity index (χ0) is 13.8. The monoisotopic (exact) mass is 261 g/mol. The molecule has 0 aliphatic carbocycles. The summed E-state index contributed by atoms with van der Waals surface area (Å²) in [6.07, 6.45) is 4.23. The first-order valence-electron chi connectivity index (χ1n) is 5.95. The molecule has 0 unspecified atom stereocenters. The summed E-state index contributed by atoms with van der Waals surface area (Å²) in [5, 5.41) is 25.4.